The fourth-order valence-electron chi connectivity index (χ4n) is 3.24. The van der Waals surface area contributed by atoms with Gasteiger partial charge in [-0.15, -0.1) is 0 Å². The van der Waals surface area contributed by atoms with E-state index < -0.39 is 0 Å². The van der Waals surface area contributed by atoms with Gasteiger partial charge in [0.05, 0.1) is 13.1 Å². The van der Waals surface area contributed by atoms with Gasteiger partial charge in [0, 0.05) is 11.4 Å². The summed E-state index contributed by atoms with van der Waals surface area (Å²) in [6.45, 7) is 8.36. The van der Waals surface area contributed by atoms with Crippen molar-refractivity contribution in [2.24, 2.45) is 0 Å². The third-order valence-corrected chi connectivity index (χ3v) is 4.44. The average molecular weight is 367 g/mol. The van der Waals surface area contributed by atoms with Gasteiger partial charge in [0.25, 0.3) is 0 Å². The Morgan fingerprint density at radius 2 is 1.48 bits per heavy atom. The Hall–Kier alpha value is -2.66. The minimum atomic E-state index is -0.131. The van der Waals surface area contributed by atoms with E-state index in [2.05, 4.69) is 17.6 Å². The molecule has 0 bridgehead atoms. The van der Waals surface area contributed by atoms with Crippen molar-refractivity contribution in [3.05, 3.63) is 58.7 Å². The van der Waals surface area contributed by atoms with Crippen molar-refractivity contribution in [3.8, 4) is 0 Å². The molecule has 2 aromatic rings. The number of hydrogen-bond acceptors (Lipinski definition) is 3. The van der Waals surface area contributed by atoms with Gasteiger partial charge in [0.2, 0.25) is 11.8 Å². The van der Waals surface area contributed by atoms with E-state index in [9.17, 15) is 9.59 Å². The van der Waals surface area contributed by atoms with Gasteiger partial charge in [0.15, 0.2) is 0 Å². The van der Waals surface area contributed by atoms with Crippen LogP contribution in [0.4, 0.5) is 11.4 Å². The standard InChI is InChI=1S/C22H29N3O2/c1-6-18-9-7-8-10-19(18)23-20(26)13-25(5)14-21(27)24-22-16(3)11-15(2)12-17(22)4/h7-12H,6,13-14H2,1-5H3,(H,23,26)(H,24,27). The first-order valence-corrected chi connectivity index (χ1v) is 9.24. The fraction of sp³-hybridized carbons (Fsp3) is 0.364. The maximum absolute atomic E-state index is 12.4. The van der Waals surface area contributed by atoms with E-state index in [1.54, 1.807) is 11.9 Å². The van der Waals surface area contributed by atoms with Crippen LogP contribution in [0.5, 0.6) is 0 Å². The molecule has 0 aromatic heterocycles. The Balaban J connectivity index is 1.90. The van der Waals surface area contributed by atoms with Crippen LogP contribution in [0.1, 0.15) is 29.2 Å². The van der Waals surface area contributed by atoms with Crippen molar-refractivity contribution in [1.82, 2.24) is 4.90 Å². The SMILES string of the molecule is CCc1ccccc1NC(=O)CN(C)CC(=O)Nc1c(C)cc(C)cc1C. The van der Waals surface area contributed by atoms with Crippen LogP contribution in [0.25, 0.3) is 0 Å². The molecule has 2 N–H and O–H groups in total. The lowest BCUT2D eigenvalue weighted by Crippen LogP contribution is -2.36. The van der Waals surface area contributed by atoms with E-state index in [0.29, 0.717) is 0 Å². The molecule has 0 radical (unpaired) electrons. The van der Waals surface area contributed by atoms with Crippen LogP contribution < -0.4 is 10.6 Å². The summed E-state index contributed by atoms with van der Waals surface area (Å²) in [6, 6.07) is 11.8. The molecule has 0 fully saturated rings. The highest BCUT2D eigenvalue weighted by Gasteiger charge is 2.14. The highest BCUT2D eigenvalue weighted by atomic mass is 16.2. The van der Waals surface area contributed by atoms with Crippen LogP contribution in [0.15, 0.2) is 36.4 Å². The number of benzene rings is 2. The zero-order valence-electron chi connectivity index (χ0n) is 16.8. The van der Waals surface area contributed by atoms with E-state index in [0.717, 1.165) is 34.5 Å². The maximum atomic E-state index is 12.4. The van der Waals surface area contributed by atoms with Crippen molar-refractivity contribution in [1.29, 1.82) is 0 Å². The molecule has 2 rings (SSSR count). The van der Waals surface area contributed by atoms with Gasteiger partial charge >= 0.3 is 0 Å². The van der Waals surface area contributed by atoms with E-state index in [4.69, 9.17) is 0 Å². The molecule has 0 saturated carbocycles. The highest BCUT2D eigenvalue weighted by molar-refractivity contribution is 5.95. The van der Waals surface area contributed by atoms with E-state index in [1.807, 2.05) is 57.2 Å². The van der Waals surface area contributed by atoms with Gasteiger partial charge in [-0.05, 0) is 57.0 Å². The van der Waals surface area contributed by atoms with Crippen LogP contribution in [0, 0.1) is 20.8 Å². The molecule has 2 aromatic carbocycles. The predicted molar refractivity (Wildman–Crippen MR) is 111 cm³/mol. The van der Waals surface area contributed by atoms with Gasteiger partial charge < -0.3 is 10.6 Å². The molecule has 0 heterocycles. The van der Waals surface area contributed by atoms with Crippen molar-refractivity contribution in [3.63, 3.8) is 0 Å². The van der Waals surface area contributed by atoms with Crippen LogP contribution >= 0.6 is 0 Å². The van der Waals surface area contributed by atoms with Crippen molar-refractivity contribution >= 4 is 23.2 Å². The largest absolute Gasteiger partial charge is 0.325 e. The summed E-state index contributed by atoms with van der Waals surface area (Å²) in [5, 5.41) is 5.89. The highest BCUT2D eigenvalue weighted by Crippen LogP contribution is 2.21. The van der Waals surface area contributed by atoms with Gasteiger partial charge in [0.1, 0.15) is 0 Å². The minimum absolute atomic E-state index is 0.130. The Bertz CT molecular complexity index is 807. The topological polar surface area (TPSA) is 61.4 Å². The third-order valence-electron chi connectivity index (χ3n) is 4.44. The second-order valence-corrected chi connectivity index (χ2v) is 7.05. The van der Waals surface area contributed by atoms with Gasteiger partial charge in [-0.1, -0.05) is 42.8 Å². The molecule has 0 aliphatic heterocycles. The maximum Gasteiger partial charge on any atom is 0.238 e. The molecular weight excluding hydrogens is 338 g/mol. The predicted octanol–water partition coefficient (Wildman–Crippen LogP) is 3.68. The number of anilines is 2. The summed E-state index contributed by atoms with van der Waals surface area (Å²) in [4.78, 5) is 26.4. The van der Waals surface area contributed by atoms with E-state index in [1.165, 1.54) is 5.56 Å². The molecule has 5 heteroatoms. The zero-order valence-corrected chi connectivity index (χ0v) is 16.8. The molecule has 5 nitrogen and oxygen atoms in total. The minimum Gasteiger partial charge on any atom is -0.325 e. The lowest BCUT2D eigenvalue weighted by atomic mass is 10.1. The van der Waals surface area contributed by atoms with Gasteiger partial charge in [-0.3, -0.25) is 14.5 Å². The zero-order chi connectivity index (χ0) is 20.0. The summed E-state index contributed by atoms with van der Waals surface area (Å²) in [5.74, 6) is -0.261. The van der Waals surface area contributed by atoms with E-state index in [-0.39, 0.29) is 24.9 Å². The number of para-hydroxylation sites is 1. The Labute approximate surface area is 161 Å². The number of aryl methyl sites for hydroxylation is 4. The number of likely N-dealkylation sites (N-methyl/N-ethyl adjacent to an activating group) is 1. The smallest absolute Gasteiger partial charge is 0.238 e. The summed E-state index contributed by atoms with van der Waals surface area (Å²) < 4.78 is 0. The van der Waals surface area contributed by atoms with Gasteiger partial charge in [-0.25, -0.2) is 0 Å². The second-order valence-electron chi connectivity index (χ2n) is 7.05. The molecule has 0 unspecified atom stereocenters. The number of carbonyl (C=O) groups is 2. The Kier molecular flexibility index (Phi) is 7.13. The number of amides is 2. The summed E-state index contributed by atoms with van der Waals surface area (Å²) >= 11 is 0. The molecule has 0 spiro atoms. The number of nitrogens with one attached hydrogen (secondary N) is 2. The van der Waals surface area contributed by atoms with Gasteiger partial charge in [-0.2, -0.15) is 0 Å². The van der Waals surface area contributed by atoms with Crippen LogP contribution in [0.3, 0.4) is 0 Å². The number of hydrogen-bond donors (Lipinski definition) is 2. The molecule has 144 valence electrons. The second kappa shape index (κ2) is 9.33. The molecule has 2 amide bonds. The summed E-state index contributed by atoms with van der Waals surface area (Å²) in [6.07, 6.45) is 0.851. The lowest BCUT2D eigenvalue weighted by molar-refractivity contribution is -0.119. The molecule has 0 aliphatic rings. The van der Waals surface area contributed by atoms with E-state index >= 15 is 0 Å². The molecule has 0 atom stereocenters. The van der Waals surface area contributed by atoms with Crippen molar-refractivity contribution in [2.75, 3.05) is 30.8 Å². The van der Waals surface area contributed by atoms with Crippen molar-refractivity contribution in [2.45, 2.75) is 34.1 Å². The van der Waals surface area contributed by atoms with Crippen molar-refractivity contribution < 1.29 is 9.59 Å². The Morgan fingerprint density at radius 3 is 2.07 bits per heavy atom. The average Bonchev–Trinajstić information content (AvgIpc) is 2.58. The third kappa shape index (κ3) is 5.93. The number of carbonyl (C=O) groups excluding carboxylic acids is 2. The molecular formula is C22H29N3O2. The number of rotatable bonds is 7. The monoisotopic (exact) mass is 367 g/mol. The normalized spacial score (nSPS) is 10.7. The first kappa shape index (κ1) is 20.6. The quantitative estimate of drug-likeness (QED) is 0.785. The first-order chi connectivity index (χ1) is 12.8. The van der Waals surface area contributed by atoms with Crippen LogP contribution in [-0.4, -0.2) is 36.9 Å². The van der Waals surface area contributed by atoms with Crippen LogP contribution in [0.2, 0.25) is 0 Å². The van der Waals surface area contributed by atoms with Crippen LogP contribution in [-0.2, 0) is 16.0 Å². The lowest BCUT2D eigenvalue weighted by Gasteiger charge is -2.18. The molecule has 0 aliphatic carbocycles. The molecule has 27 heavy (non-hydrogen) atoms. The Morgan fingerprint density at radius 1 is 0.926 bits per heavy atom. The summed E-state index contributed by atoms with van der Waals surface area (Å²) in [7, 11) is 1.76. The molecule has 0 saturated heterocycles. The summed E-state index contributed by atoms with van der Waals surface area (Å²) in [5.41, 5.74) is 6.02. The first-order valence-electron chi connectivity index (χ1n) is 9.24. The fourth-order valence-corrected chi connectivity index (χ4v) is 3.24. The number of nitrogens with zero attached hydrogens (tertiary/aromatic N) is 1.